The van der Waals surface area contributed by atoms with Gasteiger partial charge in [0.1, 0.15) is 0 Å². The van der Waals surface area contributed by atoms with E-state index in [1.165, 1.54) is 16.5 Å². The molecule has 2 aromatic carbocycles. The minimum atomic E-state index is -3.47. The fraction of sp³-hybridized carbons (Fsp3) is 0.273. The second-order valence-electron chi connectivity index (χ2n) is 7.26. The van der Waals surface area contributed by atoms with E-state index in [0.29, 0.717) is 24.4 Å². The van der Waals surface area contributed by atoms with E-state index in [2.05, 4.69) is 30.1 Å². The summed E-state index contributed by atoms with van der Waals surface area (Å²) in [6.07, 6.45) is 2.78. The van der Waals surface area contributed by atoms with Crippen LogP contribution in [-0.2, 0) is 10.0 Å². The third-order valence-corrected chi connectivity index (χ3v) is 7.36. The van der Waals surface area contributed by atoms with Gasteiger partial charge in [0.05, 0.1) is 4.90 Å². The van der Waals surface area contributed by atoms with Crippen LogP contribution in [0.1, 0.15) is 28.8 Å². The van der Waals surface area contributed by atoms with E-state index in [1.807, 2.05) is 32.0 Å². The summed E-state index contributed by atoms with van der Waals surface area (Å²) in [7, 11) is -3.47. The molecule has 0 unspecified atom stereocenters. The van der Waals surface area contributed by atoms with Gasteiger partial charge in [-0.1, -0.05) is 30.3 Å². The van der Waals surface area contributed by atoms with Crippen molar-refractivity contribution >= 4 is 26.5 Å². The molecule has 140 valence electrons. The van der Waals surface area contributed by atoms with Gasteiger partial charge in [0, 0.05) is 35.2 Å². The number of nitrogens with one attached hydrogen (secondary N) is 1. The lowest BCUT2D eigenvalue weighted by atomic mass is 9.97. The number of benzene rings is 2. The molecular weight excluding hydrogens is 356 g/mol. The van der Waals surface area contributed by atoms with E-state index < -0.39 is 10.0 Å². The summed E-state index contributed by atoms with van der Waals surface area (Å²) in [5.41, 5.74) is 6.79. The molecule has 1 aliphatic heterocycles. The number of nitrogens with zero attached hydrogens (tertiary/aromatic N) is 1. The third-order valence-electron chi connectivity index (χ3n) is 5.50. The Balaban J connectivity index is 1.64. The summed E-state index contributed by atoms with van der Waals surface area (Å²) in [4.78, 5) is 3.81. The van der Waals surface area contributed by atoms with E-state index in [1.54, 1.807) is 16.4 Å². The monoisotopic (exact) mass is 380 g/mol. The van der Waals surface area contributed by atoms with Crippen molar-refractivity contribution in [1.82, 2.24) is 9.29 Å². The number of H-pyrrole nitrogens is 1. The molecule has 4 nitrogen and oxygen atoms in total. The van der Waals surface area contributed by atoms with E-state index in [4.69, 9.17) is 0 Å². The molecule has 3 aromatic rings. The number of para-hydroxylation sites is 1. The molecule has 0 saturated carbocycles. The molecule has 0 aliphatic carbocycles. The molecule has 1 aliphatic rings. The minimum absolute atomic E-state index is 0.380. The molecule has 0 amide bonds. The Kier molecular flexibility index (Phi) is 4.44. The van der Waals surface area contributed by atoms with Gasteiger partial charge in [-0.3, -0.25) is 0 Å². The molecule has 1 aromatic heterocycles. The molecule has 27 heavy (non-hydrogen) atoms. The fourth-order valence-electron chi connectivity index (χ4n) is 3.81. The van der Waals surface area contributed by atoms with E-state index in [9.17, 15) is 8.42 Å². The SMILES string of the molecule is Cc1ccc(S(=O)(=O)N2CC=C(c3c(C)[nH]c4ccccc34)CC2)cc1C. The Morgan fingerprint density at radius 2 is 1.78 bits per heavy atom. The average molecular weight is 381 g/mol. The van der Waals surface area contributed by atoms with Crippen LogP contribution in [0.15, 0.2) is 53.4 Å². The lowest BCUT2D eigenvalue weighted by Crippen LogP contribution is -2.34. The largest absolute Gasteiger partial charge is 0.358 e. The fourth-order valence-corrected chi connectivity index (χ4v) is 5.28. The number of hydrogen-bond acceptors (Lipinski definition) is 2. The predicted octanol–water partition coefficient (Wildman–Crippen LogP) is 4.57. The first-order chi connectivity index (χ1) is 12.9. The van der Waals surface area contributed by atoms with Crippen molar-refractivity contribution in [2.24, 2.45) is 0 Å². The maximum absolute atomic E-state index is 13.0. The van der Waals surface area contributed by atoms with Crippen LogP contribution in [0.25, 0.3) is 16.5 Å². The van der Waals surface area contributed by atoms with Gasteiger partial charge in [-0.25, -0.2) is 8.42 Å². The summed E-state index contributed by atoms with van der Waals surface area (Å²) < 4.78 is 27.6. The summed E-state index contributed by atoms with van der Waals surface area (Å²) in [6, 6.07) is 13.6. The molecule has 0 radical (unpaired) electrons. The molecule has 0 spiro atoms. The van der Waals surface area contributed by atoms with Gasteiger partial charge in [0.25, 0.3) is 0 Å². The molecule has 5 heteroatoms. The highest BCUT2D eigenvalue weighted by Crippen LogP contribution is 2.33. The smallest absolute Gasteiger partial charge is 0.243 e. The van der Waals surface area contributed by atoms with Crippen LogP contribution >= 0.6 is 0 Å². The minimum Gasteiger partial charge on any atom is -0.358 e. The predicted molar refractivity (Wildman–Crippen MR) is 110 cm³/mol. The summed E-state index contributed by atoms with van der Waals surface area (Å²) in [6.45, 7) is 6.92. The van der Waals surface area contributed by atoms with Gasteiger partial charge < -0.3 is 4.98 Å². The Labute approximate surface area is 160 Å². The van der Waals surface area contributed by atoms with Gasteiger partial charge >= 0.3 is 0 Å². The zero-order valence-corrected chi connectivity index (χ0v) is 16.7. The molecule has 2 heterocycles. The molecule has 1 N–H and O–H groups in total. The highest BCUT2D eigenvalue weighted by Gasteiger charge is 2.27. The second kappa shape index (κ2) is 6.66. The number of aromatic nitrogens is 1. The van der Waals surface area contributed by atoms with Crippen molar-refractivity contribution in [2.45, 2.75) is 32.1 Å². The van der Waals surface area contributed by atoms with Crippen LogP contribution < -0.4 is 0 Å². The Morgan fingerprint density at radius 1 is 1.00 bits per heavy atom. The number of aryl methyl sites for hydroxylation is 3. The van der Waals surface area contributed by atoms with Crippen LogP contribution in [0.4, 0.5) is 0 Å². The number of sulfonamides is 1. The first-order valence-electron chi connectivity index (χ1n) is 9.22. The van der Waals surface area contributed by atoms with Gasteiger partial charge in [-0.05, 0) is 62.1 Å². The molecular formula is C22H24N2O2S. The van der Waals surface area contributed by atoms with E-state index in [-0.39, 0.29) is 0 Å². The van der Waals surface area contributed by atoms with Crippen LogP contribution in [0.2, 0.25) is 0 Å². The lowest BCUT2D eigenvalue weighted by Gasteiger charge is -2.26. The molecule has 4 rings (SSSR count). The van der Waals surface area contributed by atoms with Crippen LogP contribution in [0.3, 0.4) is 0 Å². The highest BCUT2D eigenvalue weighted by atomic mass is 32.2. The van der Waals surface area contributed by atoms with Crippen molar-refractivity contribution in [1.29, 1.82) is 0 Å². The quantitative estimate of drug-likeness (QED) is 0.723. The van der Waals surface area contributed by atoms with Crippen molar-refractivity contribution in [3.8, 4) is 0 Å². The molecule has 0 atom stereocenters. The molecule has 0 bridgehead atoms. The number of rotatable bonds is 3. The second-order valence-corrected chi connectivity index (χ2v) is 9.20. The molecule has 0 fully saturated rings. The van der Waals surface area contributed by atoms with Crippen molar-refractivity contribution in [2.75, 3.05) is 13.1 Å². The number of fused-ring (bicyclic) bond motifs is 1. The van der Waals surface area contributed by atoms with E-state index in [0.717, 1.165) is 22.3 Å². The Morgan fingerprint density at radius 3 is 2.48 bits per heavy atom. The zero-order valence-electron chi connectivity index (χ0n) is 15.9. The average Bonchev–Trinajstić information content (AvgIpc) is 2.99. The van der Waals surface area contributed by atoms with Gasteiger partial charge in [-0.15, -0.1) is 0 Å². The van der Waals surface area contributed by atoms with Crippen LogP contribution in [0, 0.1) is 20.8 Å². The Hall–Kier alpha value is -2.37. The standard InChI is InChI=1S/C22H24N2O2S/c1-15-8-9-19(14-16(15)2)27(25,26)24-12-10-18(11-13-24)22-17(3)23-21-7-5-4-6-20(21)22/h4-10,14,23H,11-13H2,1-3H3. The van der Waals surface area contributed by atoms with Crippen LogP contribution in [-0.4, -0.2) is 30.8 Å². The van der Waals surface area contributed by atoms with Crippen molar-refractivity contribution in [3.05, 3.63) is 70.9 Å². The zero-order chi connectivity index (χ0) is 19.2. The van der Waals surface area contributed by atoms with Gasteiger partial charge in [0.15, 0.2) is 0 Å². The highest BCUT2D eigenvalue weighted by molar-refractivity contribution is 7.89. The third kappa shape index (κ3) is 3.11. The first kappa shape index (κ1) is 18.0. The summed E-state index contributed by atoms with van der Waals surface area (Å²) in [5.74, 6) is 0. The first-order valence-corrected chi connectivity index (χ1v) is 10.7. The summed E-state index contributed by atoms with van der Waals surface area (Å²) >= 11 is 0. The van der Waals surface area contributed by atoms with Gasteiger partial charge in [0.2, 0.25) is 10.0 Å². The van der Waals surface area contributed by atoms with Crippen molar-refractivity contribution in [3.63, 3.8) is 0 Å². The van der Waals surface area contributed by atoms with Crippen LogP contribution in [0.5, 0.6) is 0 Å². The van der Waals surface area contributed by atoms with Crippen molar-refractivity contribution < 1.29 is 8.42 Å². The summed E-state index contributed by atoms with van der Waals surface area (Å²) in [5, 5.41) is 1.20. The number of hydrogen-bond donors (Lipinski definition) is 1. The lowest BCUT2D eigenvalue weighted by molar-refractivity contribution is 0.441. The maximum Gasteiger partial charge on any atom is 0.243 e. The Bertz CT molecular complexity index is 1160. The van der Waals surface area contributed by atoms with E-state index >= 15 is 0 Å². The maximum atomic E-state index is 13.0. The van der Waals surface area contributed by atoms with Gasteiger partial charge in [-0.2, -0.15) is 4.31 Å². The normalized spacial score (nSPS) is 15.9. The topological polar surface area (TPSA) is 53.2 Å². The molecule has 0 saturated heterocycles. The number of aromatic amines is 1.